The van der Waals surface area contributed by atoms with E-state index in [4.69, 9.17) is 15.3 Å². The Morgan fingerprint density at radius 1 is 1.29 bits per heavy atom. The van der Waals surface area contributed by atoms with Crippen molar-refractivity contribution in [1.82, 2.24) is 10.7 Å². The van der Waals surface area contributed by atoms with Crippen molar-refractivity contribution >= 4 is 23.8 Å². The Hall–Kier alpha value is -3.12. The van der Waals surface area contributed by atoms with Crippen molar-refractivity contribution in [3.8, 4) is 0 Å². The highest BCUT2D eigenvalue weighted by molar-refractivity contribution is 6.08. The van der Waals surface area contributed by atoms with Crippen LogP contribution in [0.2, 0.25) is 0 Å². The molecule has 1 amide bonds. The molecule has 0 aromatic carbocycles. The molecule has 156 valence electrons. The van der Waals surface area contributed by atoms with Crippen LogP contribution in [0.5, 0.6) is 0 Å². The molecule has 1 aliphatic rings. The van der Waals surface area contributed by atoms with E-state index >= 15 is 0 Å². The van der Waals surface area contributed by atoms with Gasteiger partial charge in [-0.2, -0.15) is 0 Å². The molecule has 0 saturated heterocycles. The minimum Gasteiger partial charge on any atom is -0.469 e. The number of ketones is 1. The minimum absolute atomic E-state index is 0.147. The minimum atomic E-state index is -1.13. The maximum Gasteiger partial charge on any atom is 0.511 e. The van der Waals surface area contributed by atoms with E-state index in [0.717, 1.165) is 0 Å². The number of amides is 1. The summed E-state index contributed by atoms with van der Waals surface area (Å²) in [5.74, 6) is 2.95. The standard InChI is InChI=1S/C16H23N3O9/c1-24-12(21)5-8-26-16(23)28-10-27-14-11(20)4-2-3-7-25-9-6-18-15(22)13(14)19-17/h2,4,19H,3,5-10,17H2,1H3,(H,18,22)/b4-2-,14-13+. The molecule has 12 nitrogen and oxygen atoms in total. The first-order valence-electron chi connectivity index (χ1n) is 8.26. The molecule has 28 heavy (non-hydrogen) atoms. The maximum absolute atomic E-state index is 12.3. The fraction of sp³-hybridized carbons (Fsp3) is 0.500. The van der Waals surface area contributed by atoms with Gasteiger partial charge in [0.05, 0.1) is 26.7 Å². The molecule has 0 aromatic rings. The lowest BCUT2D eigenvalue weighted by atomic mass is 10.2. The molecule has 12 heteroatoms. The summed E-state index contributed by atoms with van der Waals surface area (Å²) in [6, 6.07) is 0. The van der Waals surface area contributed by atoms with Gasteiger partial charge in [0.15, 0.2) is 5.70 Å². The molecule has 0 atom stereocenters. The van der Waals surface area contributed by atoms with Crippen molar-refractivity contribution in [3.63, 3.8) is 0 Å². The average Bonchev–Trinajstić information content (AvgIpc) is 2.68. The van der Waals surface area contributed by atoms with Gasteiger partial charge in [-0.1, -0.05) is 6.08 Å². The van der Waals surface area contributed by atoms with Gasteiger partial charge in [-0.25, -0.2) is 4.79 Å². The molecule has 0 bridgehead atoms. The summed E-state index contributed by atoms with van der Waals surface area (Å²) < 4.78 is 24.0. The lowest BCUT2D eigenvalue weighted by Gasteiger charge is -2.15. The number of hydrogen-bond acceptors (Lipinski definition) is 11. The van der Waals surface area contributed by atoms with Crippen LogP contribution in [0.4, 0.5) is 4.79 Å². The first-order chi connectivity index (χ1) is 13.5. The van der Waals surface area contributed by atoms with Crippen LogP contribution < -0.4 is 16.6 Å². The Morgan fingerprint density at radius 2 is 2.07 bits per heavy atom. The van der Waals surface area contributed by atoms with Crippen LogP contribution in [0.15, 0.2) is 23.6 Å². The van der Waals surface area contributed by atoms with Crippen LogP contribution in [0.3, 0.4) is 0 Å². The summed E-state index contributed by atoms with van der Waals surface area (Å²) in [5.41, 5.74) is 1.75. The number of allylic oxidation sites excluding steroid dienone is 1. The number of nitrogens with one attached hydrogen (secondary N) is 2. The summed E-state index contributed by atoms with van der Waals surface area (Å²) in [5, 5.41) is 2.50. The van der Waals surface area contributed by atoms with E-state index in [-0.39, 0.29) is 31.9 Å². The topological polar surface area (TPSA) is 165 Å². The number of hydrazine groups is 1. The molecule has 0 saturated carbocycles. The number of hydrogen-bond donors (Lipinski definition) is 3. The van der Waals surface area contributed by atoms with Crippen LogP contribution in [0.1, 0.15) is 12.8 Å². The number of ether oxygens (including phenoxy) is 5. The van der Waals surface area contributed by atoms with E-state index in [2.05, 4.69) is 25.0 Å². The molecular formula is C16H23N3O9. The second-order valence-corrected chi connectivity index (χ2v) is 5.10. The van der Waals surface area contributed by atoms with Crippen molar-refractivity contribution in [3.05, 3.63) is 23.6 Å². The molecule has 0 unspecified atom stereocenters. The number of carbonyl (C=O) groups excluding carboxylic acids is 4. The smallest absolute Gasteiger partial charge is 0.469 e. The van der Waals surface area contributed by atoms with Crippen LogP contribution in [0, 0.1) is 0 Å². The third kappa shape index (κ3) is 8.51. The Bertz CT molecular complexity index is 631. The van der Waals surface area contributed by atoms with Crippen LogP contribution in [-0.4, -0.2) is 64.1 Å². The molecular weight excluding hydrogens is 378 g/mol. The van der Waals surface area contributed by atoms with E-state index in [1.54, 1.807) is 6.08 Å². The summed E-state index contributed by atoms with van der Waals surface area (Å²) in [6.07, 6.45) is 1.92. The summed E-state index contributed by atoms with van der Waals surface area (Å²) in [6.45, 7) is -0.133. The molecule has 1 aliphatic heterocycles. The van der Waals surface area contributed by atoms with Gasteiger partial charge in [0.25, 0.3) is 5.91 Å². The summed E-state index contributed by atoms with van der Waals surface area (Å²) in [4.78, 5) is 46.8. The van der Waals surface area contributed by atoms with Gasteiger partial charge >= 0.3 is 12.1 Å². The van der Waals surface area contributed by atoms with E-state index in [0.29, 0.717) is 13.0 Å². The van der Waals surface area contributed by atoms with Crippen molar-refractivity contribution in [2.75, 3.05) is 40.3 Å². The van der Waals surface area contributed by atoms with Crippen LogP contribution in [0.25, 0.3) is 0 Å². The van der Waals surface area contributed by atoms with Gasteiger partial charge in [0.1, 0.15) is 6.61 Å². The van der Waals surface area contributed by atoms with E-state index in [1.165, 1.54) is 13.2 Å². The zero-order valence-corrected chi connectivity index (χ0v) is 15.4. The zero-order chi connectivity index (χ0) is 20.8. The second-order valence-electron chi connectivity index (χ2n) is 5.10. The Kier molecular flexibility index (Phi) is 10.7. The zero-order valence-electron chi connectivity index (χ0n) is 15.4. The van der Waals surface area contributed by atoms with Crippen molar-refractivity contribution in [1.29, 1.82) is 0 Å². The number of nitrogens with two attached hydrogens (primary N) is 1. The number of rotatable bonds is 7. The average molecular weight is 401 g/mol. The highest BCUT2D eigenvalue weighted by Gasteiger charge is 2.22. The Balaban J connectivity index is 2.71. The Labute approximate surface area is 160 Å². The van der Waals surface area contributed by atoms with Crippen molar-refractivity contribution in [2.45, 2.75) is 12.8 Å². The molecule has 1 rings (SSSR count). The highest BCUT2D eigenvalue weighted by Crippen LogP contribution is 2.08. The van der Waals surface area contributed by atoms with Crippen molar-refractivity contribution < 1.29 is 42.9 Å². The fourth-order valence-corrected chi connectivity index (χ4v) is 1.84. The lowest BCUT2D eigenvalue weighted by Crippen LogP contribution is -2.39. The van der Waals surface area contributed by atoms with Gasteiger partial charge in [-0.15, -0.1) is 0 Å². The van der Waals surface area contributed by atoms with Gasteiger partial charge in [0.2, 0.25) is 18.3 Å². The third-order valence-corrected chi connectivity index (χ3v) is 3.19. The van der Waals surface area contributed by atoms with Crippen LogP contribution >= 0.6 is 0 Å². The summed E-state index contributed by atoms with van der Waals surface area (Å²) in [7, 11) is 1.20. The highest BCUT2D eigenvalue weighted by atomic mass is 16.8. The van der Waals surface area contributed by atoms with E-state index in [9.17, 15) is 19.2 Å². The molecule has 1 heterocycles. The molecule has 0 radical (unpaired) electrons. The predicted octanol–water partition coefficient (Wildman–Crippen LogP) is -0.986. The fourth-order valence-electron chi connectivity index (χ4n) is 1.84. The van der Waals surface area contributed by atoms with Gasteiger partial charge in [0, 0.05) is 6.54 Å². The normalized spacial score (nSPS) is 19.4. The third-order valence-electron chi connectivity index (χ3n) is 3.19. The SMILES string of the molecule is COC(=O)CCOC(=O)OCO/C1=C(/NN)C(=O)NCCOCC/C=C\C1=O. The van der Waals surface area contributed by atoms with Gasteiger partial charge < -0.3 is 34.4 Å². The molecule has 0 aliphatic carbocycles. The second kappa shape index (κ2) is 13.1. The monoisotopic (exact) mass is 401 g/mol. The molecule has 4 N–H and O–H groups in total. The maximum atomic E-state index is 12.3. The lowest BCUT2D eigenvalue weighted by molar-refractivity contribution is -0.141. The van der Waals surface area contributed by atoms with E-state index < -0.39 is 36.4 Å². The molecule has 0 spiro atoms. The number of carbonyl (C=O) groups is 4. The van der Waals surface area contributed by atoms with Gasteiger partial charge in [-0.3, -0.25) is 20.2 Å². The first-order valence-corrected chi connectivity index (χ1v) is 8.26. The molecule has 0 aromatic heterocycles. The van der Waals surface area contributed by atoms with Crippen LogP contribution in [-0.2, 0) is 38.1 Å². The Morgan fingerprint density at radius 3 is 2.79 bits per heavy atom. The first kappa shape index (κ1) is 22.9. The summed E-state index contributed by atoms with van der Waals surface area (Å²) >= 11 is 0. The molecule has 0 fully saturated rings. The number of methoxy groups -OCH3 is 1. The number of esters is 1. The van der Waals surface area contributed by atoms with Gasteiger partial charge in [-0.05, 0) is 12.5 Å². The van der Waals surface area contributed by atoms with E-state index in [1.807, 2.05) is 0 Å². The quantitative estimate of drug-likeness (QED) is 0.208. The largest absolute Gasteiger partial charge is 0.511 e. The van der Waals surface area contributed by atoms with Crippen molar-refractivity contribution in [2.24, 2.45) is 5.84 Å². The predicted molar refractivity (Wildman–Crippen MR) is 92.0 cm³/mol.